The summed E-state index contributed by atoms with van der Waals surface area (Å²) in [7, 11) is -3.09. The summed E-state index contributed by atoms with van der Waals surface area (Å²) in [4.78, 5) is 4.60. The van der Waals surface area contributed by atoms with Gasteiger partial charge in [0.1, 0.15) is 5.82 Å². The fraction of sp³-hybridized carbons (Fsp3) is 0.438. The van der Waals surface area contributed by atoms with E-state index in [0.29, 0.717) is 18.1 Å². The number of piperidine rings is 1. The smallest absolute Gasteiger partial charge is 0.213 e. The first-order valence-corrected chi connectivity index (χ1v) is 10.7. The SMILES string of the molecule is CCS(=O)(=O)N1CCC(Nc2ccc3cc(Br)cc(Cl)c3n2)CC1. The maximum absolute atomic E-state index is 11.9. The van der Waals surface area contributed by atoms with Gasteiger partial charge < -0.3 is 5.32 Å². The van der Waals surface area contributed by atoms with E-state index in [1.807, 2.05) is 24.3 Å². The number of fused-ring (bicyclic) bond motifs is 1. The highest BCUT2D eigenvalue weighted by Crippen LogP contribution is 2.28. The van der Waals surface area contributed by atoms with Crippen molar-refractivity contribution in [3.8, 4) is 0 Å². The number of pyridine rings is 1. The molecule has 1 saturated heterocycles. The van der Waals surface area contributed by atoms with Crippen molar-refractivity contribution in [2.75, 3.05) is 24.2 Å². The van der Waals surface area contributed by atoms with E-state index in [2.05, 4.69) is 26.2 Å². The summed E-state index contributed by atoms with van der Waals surface area (Å²) in [6.45, 7) is 2.78. The number of sulfonamides is 1. The maximum atomic E-state index is 11.9. The van der Waals surface area contributed by atoms with E-state index < -0.39 is 10.0 Å². The zero-order chi connectivity index (χ0) is 17.3. The molecular weight excluding hydrogens is 414 g/mol. The third-order valence-corrected chi connectivity index (χ3v) is 6.90. The molecule has 0 unspecified atom stereocenters. The molecule has 3 rings (SSSR count). The monoisotopic (exact) mass is 431 g/mol. The maximum Gasteiger partial charge on any atom is 0.213 e. The summed E-state index contributed by atoms with van der Waals surface area (Å²) in [5.41, 5.74) is 0.760. The summed E-state index contributed by atoms with van der Waals surface area (Å²) in [6.07, 6.45) is 1.54. The van der Waals surface area contributed by atoms with Crippen LogP contribution < -0.4 is 5.32 Å². The van der Waals surface area contributed by atoms with Crippen LogP contribution in [0, 0.1) is 0 Å². The van der Waals surface area contributed by atoms with E-state index in [4.69, 9.17) is 11.6 Å². The molecule has 0 radical (unpaired) electrons. The Kier molecular flexibility index (Phi) is 5.34. The third kappa shape index (κ3) is 3.85. The molecule has 1 aromatic heterocycles. The van der Waals surface area contributed by atoms with Crippen molar-refractivity contribution < 1.29 is 8.42 Å². The minimum absolute atomic E-state index is 0.158. The lowest BCUT2D eigenvalue weighted by molar-refractivity contribution is 0.330. The van der Waals surface area contributed by atoms with Crippen LogP contribution in [0.1, 0.15) is 19.8 Å². The second-order valence-electron chi connectivity index (χ2n) is 5.87. The number of nitrogens with zero attached hydrogens (tertiary/aromatic N) is 2. The fourth-order valence-corrected chi connectivity index (χ4v) is 4.92. The quantitative estimate of drug-likeness (QED) is 0.796. The minimum Gasteiger partial charge on any atom is -0.367 e. The summed E-state index contributed by atoms with van der Waals surface area (Å²) in [5, 5.41) is 4.98. The van der Waals surface area contributed by atoms with Gasteiger partial charge in [-0.25, -0.2) is 17.7 Å². The third-order valence-electron chi connectivity index (χ3n) is 4.27. The molecule has 24 heavy (non-hydrogen) atoms. The van der Waals surface area contributed by atoms with Gasteiger partial charge >= 0.3 is 0 Å². The van der Waals surface area contributed by atoms with Gasteiger partial charge in [0.05, 0.1) is 16.3 Å². The first-order valence-electron chi connectivity index (χ1n) is 7.89. The second-order valence-corrected chi connectivity index (χ2v) is 9.45. The fourth-order valence-electron chi connectivity index (χ4n) is 2.91. The molecule has 130 valence electrons. The predicted octanol–water partition coefficient (Wildman–Crippen LogP) is 3.88. The van der Waals surface area contributed by atoms with Gasteiger partial charge in [0, 0.05) is 29.0 Å². The molecule has 0 atom stereocenters. The summed E-state index contributed by atoms with van der Waals surface area (Å²) >= 11 is 9.70. The number of benzene rings is 1. The van der Waals surface area contributed by atoms with Gasteiger partial charge in [-0.05, 0) is 44.0 Å². The van der Waals surface area contributed by atoms with Gasteiger partial charge in [0.15, 0.2) is 0 Å². The number of halogens is 2. The van der Waals surface area contributed by atoms with E-state index in [1.165, 1.54) is 0 Å². The van der Waals surface area contributed by atoms with Gasteiger partial charge in [0.2, 0.25) is 10.0 Å². The molecule has 2 aromatic rings. The van der Waals surface area contributed by atoms with Crippen LogP contribution in [-0.4, -0.2) is 42.6 Å². The van der Waals surface area contributed by atoms with Crippen LogP contribution in [0.25, 0.3) is 10.9 Å². The molecule has 0 spiro atoms. The molecule has 1 aromatic carbocycles. The van der Waals surface area contributed by atoms with Crippen molar-refractivity contribution in [1.82, 2.24) is 9.29 Å². The molecule has 1 fully saturated rings. The van der Waals surface area contributed by atoms with Crippen LogP contribution in [0.15, 0.2) is 28.7 Å². The molecule has 0 bridgehead atoms. The average molecular weight is 433 g/mol. The van der Waals surface area contributed by atoms with Crippen molar-refractivity contribution in [2.24, 2.45) is 0 Å². The zero-order valence-electron chi connectivity index (χ0n) is 13.3. The highest BCUT2D eigenvalue weighted by Gasteiger charge is 2.26. The Morgan fingerprint density at radius 2 is 2.04 bits per heavy atom. The van der Waals surface area contributed by atoms with Gasteiger partial charge in [0.25, 0.3) is 0 Å². The largest absolute Gasteiger partial charge is 0.367 e. The Hall–Kier alpha value is -0.890. The average Bonchev–Trinajstić information content (AvgIpc) is 2.56. The lowest BCUT2D eigenvalue weighted by Crippen LogP contribution is -2.43. The summed E-state index contributed by atoms with van der Waals surface area (Å²) in [5.74, 6) is 0.925. The number of rotatable bonds is 4. The van der Waals surface area contributed by atoms with Gasteiger partial charge in [-0.3, -0.25) is 0 Å². The Morgan fingerprint density at radius 3 is 2.71 bits per heavy atom. The molecule has 0 aliphatic carbocycles. The van der Waals surface area contributed by atoms with Crippen molar-refractivity contribution in [3.63, 3.8) is 0 Å². The first-order chi connectivity index (χ1) is 11.4. The van der Waals surface area contributed by atoms with Crippen LogP contribution >= 0.6 is 27.5 Å². The zero-order valence-corrected chi connectivity index (χ0v) is 16.5. The molecule has 2 heterocycles. The van der Waals surface area contributed by atoms with E-state index in [-0.39, 0.29) is 11.8 Å². The molecule has 8 heteroatoms. The molecule has 1 N–H and O–H groups in total. The Labute approximate surface area is 155 Å². The number of hydrogen-bond donors (Lipinski definition) is 1. The molecular formula is C16H19BrClN3O2S. The van der Waals surface area contributed by atoms with Gasteiger partial charge in [-0.1, -0.05) is 27.5 Å². The number of hydrogen-bond acceptors (Lipinski definition) is 4. The first kappa shape index (κ1) is 17.9. The molecule has 1 aliphatic heterocycles. The normalized spacial score (nSPS) is 17.3. The summed E-state index contributed by atoms with van der Waals surface area (Å²) < 4.78 is 26.3. The minimum atomic E-state index is -3.09. The van der Waals surface area contributed by atoms with E-state index in [0.717, 1.165) is 34.0 Å². The molecule has 0 saturated carbocycles. The number of aromatic nitrogens is 1. The Balaban J connectivity index is 1.70. The van der Waals surface area contributed by atoms with Gasteiger partial charge in [-0.15, -0.1) is 0 Å². The van der Waals surface area contributed by atoms with Crippen LogP contribution in [0.5, 0.6) is 0 Å². The van der Waals surface area contributed by atoms with Crippen molar-refractivity contribution in [3.05, 3.63) is 33.8 Å². The van der Waals surface area contributed by atoms with Crippen molar-refractivity contribution >= 4 is 54.3 Å². The van der Waals surface area contributed by atoms with E-state index in [9.17, 15) is 8.42 Å². The standard InChI is InChI=1S/C16H19BrClN3O2S/c1-2-24(22,23)21-7-5-13(6-8-21)19-15-4-3-11-9-12(17)10-14(18)16(11)20-15/h3-4,9-10,13H,2,5-8H2,1H3,(H,19,20). The van der Waals surface area contributed by atoms with Crippen molar-refractivity contribution in [1.29, 1.82) is 0 Å². The van der Waals surface area contributed by atoms with Crippen LogP contribution in [-0.2, 0) is 10.0 Å². The number of nitrogens with one attached hydrogen (secondary N) is 1. The Bertz CT molecular complexity index is 852. The predicted molar refractivity (Wildman–Crippen MR) is 102 cm³/mol. The highest BCUT2D eigenvalue weighted by atomic mass is 79.9. The van der Waals surface area contributed by atoms with Crippen LogP contribution in [0.2, 0.25) is 5.02 Å². The Morgan fingerprint density at radius 1 is 1.33 bits per heavy atom. The number of anilines is 1. The lowest BCUT2D eigenvalue weighted by atomic mass is 10.1. The second kappa shape index (κ2) is 7.15. The van der Waals surface area contributed by atoms with E-state index >= 15 is 0 Å². The molecule has 1 aliphatic rings. The van der Waals surface area contributed by atoms with E-state index in [1.54, 1.807) is 11.2 Å². The molecule has 5 nitrogen and oxygen atoms in total. The topological polar surface area (TPSA) is 62.3 Å². The summed E-state index contributed by atoms with van der Waals surface area (Å²) in [6, 6.07) is 7.94. The van der Waals surface area contributed by atoms with Crippen LogP contribution in [0.4, 0.5) is 5.82 Å². The highest BCUT2D eigenvalue weighted by molar-refractivity contribution is 9.10. The van der Waals surface area contributed by atoms with Crippen molar-refractivity contribution in [2.45, 2.75) is 25.8 Å². The van der Waals surface area contributed by atoms with Crippen LogP contribution in [0.3, 0.4) is 0 Å². The lowest BCUT2D eigenvalue weighted by Gasteiger charge is -2.31. The van der Waals surface area contributed by atoms with Gasteiger partial charge in [-0.2, -0.15) is 0 Å². The molecule has 0 amide bonds.